The third kappa shape index (κ3) is 2.99. The SMILES string of the molecule is Cl.ClCCc1cnccn1. The van der Waals surface area contributed by atoms with Crippen LogP contribution in [-0.4, -0.2) is 15.8 Å². The van der Waals surface area contributed by atoms with Gasteiger partial charge in [0, 0.05) is 30.9 Å². The summed E-state index contributed by atoms with van der Waals surface area (Å²) in [6.45, 7) is 0. The van der Waals surface area contributed by atoms with Gasteiger partial charge in [-0.15, -0.1) is 24.0 Å². The molecule has 0 atom stereocenters. The molecule has 0 aliphatic heterocycles. The fourth-order valence-corrected chi connectivity index (χ4v) is 0.750. The summed E-state index contributed by atoms with van der Waals surface area (Å²) in [5.41, 5.74) is 0.951. The Hall–Kier alpha value is -0.340. The maximum Gasteiger partial charge on any atom is 0.0598 e. The number of hydrogen-bond acceptors (Lipinski definition) is 2. The molecule has 1 heterocycles. The van der Waals surface area contributed by atoms with E-state index in [1.807, 2.05) is 0 Å². The Labute approximate surface area is 71.1 Å². The topological polar surface area (TPSA) is 25.8 Å². The van der Waals surface area contributed by atoms with E-state index in [2.05, 4.69) is 9.97 Å². The maximum atomic E-state index is 5.47. The first-order valence-corrected chi connectivity index (χ1v) is 3.28. The Bertz CT molecular complexity index is 167. The molecule has 0 aliphatic carbocycles. The van der Waals surface area contributed by atoms with Crippen molar-refractivity contribution in [3.8, 4) is 0 Å². The van der Waals surface area contributed by atoms with Crippen LogP contribution >= 0.6 is 24.0 Å². The van der Waals surface area contributed by atoms with Gasteiger partial charge in [-0.1, -0.05) is 0 Å². The van der Waals surface area contributed by atoms with Gasteiger partial charge in [-0.3, -0.25) is 9.97 Å². The monoisotopic (exact) mass is 178 g/mol. The van der Waals surface area contributed by atoms with E-state index in [0.717, 1.165) is 12.1 Å². The zero-order valence-electron chi connectivity index (χ0n) is 5.33. The molecule has 0 saturated carbocycles. The van der Waals surface area contributed by atoms with Crippen molar-refractivity contribution in [1.82, 2.24) is 9.97 Å². The van der Waals surface area contributed by atoms with Crippen molar-refractivity contribution in [3.63, 3.8) is 0 Å². The summed E-state index contributed by atoms with van der Waals surface area (Å²) in [7, 11) is 0. The fourth-order valence-electron chi connectivity index (χ4n) is 0.556. The number of aromatic nitrogens is 2. The molecule has 56 valence electrons. The van der Waals surface area contributed by atoms with Gasteiger partial charge in [-0.2, -0.15) is 0 Å². The van der Waals surface area contributed by atoms with Crippen LogP contribution in [0.2, 0.25) is 0 Å². The zero-order chi connectivity index (χ0) is 6.53. The van der Waals surface area contributed by atoms with Crippen molar-refractivity contribution in [3.05, 3.63) is 24.3 Å². The van der Waals surface area contributed by atoms with E-state index in [1.54, 1.807) is 18.6 Å². The van der Waals surface area contributed by atoms with Crippen molar-refractivity contribution in [2.45, 2.75) is 6.42 Å². The van der Waals surface area contributed by atoms with Crippen LogP contribution in [0.4, 0.5) is 0 Å². The lowest BCUT2D eigenvalue weighted by Crippen LogP contribution is -1.90. The Balaban J connectivity index is 0.000000810. The van der Waals surface area contributed by atoms with E-state index in [0.29, 0.717) is 5.88 Å². The lowest BCUT2D eigenvalue weighted by molar-refractivity contribution is 1.00. The third-order valence-electron chi connectivity index (χ3n) is 0.967. The molecule has 0 N–H and O–H groups in total. The Kier molecular flexibility index (Phi) is 5.26. The third-order valence-corrected chi connectivity index (χ3v) is 1.16. The maximum absolute atomic E-state index is 5.47. The van der Waals surface area contributed by atoms with Crippen LogP contribution in [-0.2, 0) is 6.42 Å². The first-order chi connectivity index (χ1) is 4.43. The van der Waals surface area contributed by atoms with E-state index in [-0.39, 0.29) is 12.4 Å². The standard InChI is InChI=1S/C6H7ClN2.ClH/c7-2-1-6-5-8-3-4-9-6;/h3-5H,1-2H2;1H. The van der Waals surface area contributed by atoms with Gasteiger partial charge in [0.05, 0.1) is 5.69 Å². The molecule has 0 aromatic carbocycles. The van der Waals surface area contributed by atoms with Gasteiger partial charge in [0.1, 0.15) is 0 Å². The van der Waals surface area contributed by atoms with Crippen molar-refractivity contribution < 1.29 is 0 Å². The van der Waals surface area contributed by atoms with Gasteiger partial charge < -0.3 is 0 Å². The fraction of sp³-hybridized carbons (Fsp3) is 0.333. The number of alkyl halides is 1. The normalized spacial score (nSPS) is 8.50. The molecule has 0 aliphatic rings. The molecular weight excluding hydrogens is 171 g/mol. The molecule has 10 heavy (non-hydrogen) atoms. The van der Waals surface area contributed by atoms with Crippen LogP contribution in [0, 0.1) is 0 Å². The van der Waals surface area contributed by atoms with E-state index in [4.69, 9.17) is 11.6 Å². The molecule has 1 rings (SSSR count). The molecule has 0 bridgehead atoms. The second-order valence-electron chi connectivity index (χ2n) is 1.64. The number of nitrogens with zero attached hydrogens (tertiary/aromatic N) is 2. The van der Waals surface area contributed by atoms with Crippen molar-refractivity contribution in [2.75, 3.05) is 5.88 Å². The van der Waals surface area contributed by atoms with E-state index < -0.39 is 0 Å². The number of hydrogen-bond donors (Lipinski definition) is 0. The van der Waals surface area contributed by atoms with Gasteiger partial charge in [-0.05, 0) is 0 Å². The number of halogens is 2. The molecular formula is C6H8Cl2N2. The largest absolute Gasteiger partial charge is 0.261 e. The smallest absolute Gasteiger partial charge is 0.0598 e. The predicted octanol–water partition coefficient (Wildman–Crippen LogP) is 1.68. The highest BCUT2D eigenvalue weighted by Crippen LogP contribution is 1.92. The van der Waals surface area contributed by atoms with Gasteiger partial charge >= 0.3 is 0 Å². The molecule has 0 radical (unpaired) electrons. The lowest BCUT2D eigenvalue weighted by Gasteiger charge is -1.91. The van der Waals surface area contributed by atoms with Gasteiger partial charge in [0.15, 0.2) is 0 Å². The highest BCUT2D eigenvalue weighted by molar-refractivity contribution is 6.17. The van der Waals surface area contributed by atoms with Crippen molar-refractivity contribution >= 4 is 24.0 Å². The molecule has 4 heteroatoms. The minimum atomic E-state index is 0. The second kappa shape index (κ2) is 5.45. The summed E-state index contributed by atoms with van der Waals surface area (Å²) in [6.07, 6.45) is 5.84. The van der Waals surface area contributed by atoms with Crippen LogP contribution in [0.5, 0.6) is 0 Å². The predicted molar refractivity (Wildman–Crippen MR) is 43.7 cm³/mol. The molecule has 0 amide bonds. The highest BCUT2D eigenvalue weighted by Gasteiger charge is 1.88. The zero-order valence-corrected chi connectivity index (χ0v) is 6.90. The van der Waals surface area contributed by atoms with Crippen LogP contribution < -0.4 is 0 Å². The Morgan fingerprint density at radius 2 is 2.20 bits per heavy atom. The molecule has 1 aromatic heterocycles. The first-order valence-electron chi connectivity index (χ1n) is 2.74. The lowest BCUT2D eigenvalue weighted by atomic mass is 10.4. The number of rotatable bonds is 2. The van der Waals surface area contributed by atoms with E-state index in [9.17, 15) is 0 Å². The van der Waals surface area contributed by atoms with Crippen LogP contribution in [0.1, 0.15) is 5.69 Å². The van der Waals surface area contributed by atoms with Gasteiger partial charge in [0.2, 0.25) is 0 Å². The summed E-state index contributed by atoms with van der Waals surface area (Å²) >= 11 is 5.47. The van der Waals surface area contributed by atoms with E-state index >= 15 is 0 Å². The van der Waals surface area contributed by atoms with Crippen LogP contribution in [0.15, 0.2) is 18.6 Å². The second-order valence-corrected chi connectivity index (χ2v) is 2.01. The molecule has 1 aromatic rings. The van der Waals surface area contributed by atoms with E-state index in [1.165, 1.54) is 0 Å². The molecule has 2 nitrogen and oxygen atoms in total. The first kappa shape index (κ1) is 9.66. The number of aryl methyl sites for hydroxylation is 1. The minimum absolute atomic E-state index is 0. The minimum Gasteiger partial charge on any atom is -0.261 e. The van der Waals surface area contributed by atoms with Gasteiger partial charge in [0.25, 0.3) is 0 Å². The summed E-state index contributed by atoms with van der Waals surface area (Å²) in [4.78, 5) is 7.90. The van der Waals surface area contributed by atoms with Crippen molar-refractivity contribution in [2.24, 2.45) is 0 Å². The molecule has 0 spiro atoms. The van der Waals surface area contributed by atoms with Gasteiger partial charge in [-0.25, -0.2) is 0 Å². The summed E-state index contributed by atoms with van der Waals surface area (Å²) in [5.74, 6) is 0.610. The molecule has 0 saturated heterocycles. The van der Waals surface area contributed by atoms with Crippen LogP contribution in [0.25, 0.3) is 0 Å². The average molecular weight is 179 g/mol. The molecule has 0 fully saturated rings. The summed E-state index contributed by atoms with van der Waals surface area (Å²) < 4.78 is 0. The Morgan fingerprint density at radius 1 is 1.40 bits per heavy atom. The Morgan fingerprint density at radius 3 is 2.70 bits per heavy atom. The quantitative estimate of drug-likeness (QED) is 0.645. The highest BCUT2D eigenvalue weighted by atomic mass is 35.5. The summed E-state index contributed by atoms with van der Waals surface area (Å²) in [6, 6.07) is 0. The van der Waals surface area contributed by atoms with Crippen LogP contribution in [0.3, 0.4) is 0 Å². The molecule has 0 unspecified atom stereocenters. The summed E-state index contributed by atoms with van der Waals surface area (Å²) in [5, 5.41) is 0. The van der Waals surface area contributed by atoms with Crippen molar-refractivity contribution in [1.29, 1.82) is 0 Å². The average Bonchev–Trinajstić information content (AvgIpc) is 1.91.